The first-order chi connectivity index (χ1) is 9.56. The Labute approximate surface area is 123 Å². The van der Waals surface area contributed by atoms with E-state index in [-0.39, 0.29) is 12.2 Å². The van der Waals surface area contributed by atoms with Crippen LogP contribution in [-0.4, -0.2) is 54.1 Å². The molecular formula is C16H31N3O. The minimum Gasteiger partial charge on any atom is -0.326 e. The van der Waals surface area contributed by atoms with Gasteiger partial charge in [-0.1, -0.05) is 27.2 Å². The van der Waals surface area contributed by atoms with Gasteiger partial charge in [0.15, 0.2) is 0 Å². The first kappa shape index (κ1) is 15.8. The third-order valence-electron chi connectivity index (χ3n) is 5.26. The summed E-state index contributed by atoms with van der Waals surface area (Å²) >= 11 is 0. The zero-order chi connectivity index (χ0) is 14.7. The van der Waals surface area contributed by atoms with Crippen LogP contribution < -0.4 is 5.32 Å². The van der Waals surface area contributed by atoms with E-state index in [1.54, 1.807) is 0 Å². The van der Waals surface area contributed by atoms with E-state index in [1.165, 1.54) is 25.9 Å². The summed E-state index contributed by atoms with van der Waals surface area (Å²) in [4.78, 5) is 17.2. The maximum absolute atomic E-state index is 12.6. The Morgan fingerprint density at radius 1 is 1.30 bits per heavy atom. The van der Waals surface area contributed by atoms with Gasteiger partial charge in [0.1, 0.15) is 0 Å². The Balaban J connectivity index is 1.88. The van der Waals surface area contributed by atoms with Gasteiger partial charge in [0, 0.05) is 6.54 Å². The van der Waals surface area contributed by atoms with Crippen LogP contribution in [0, 0.1) is 11.8 Å². The number of nitrogens with zero attached hydrogens (tertiary/aromatic N) is 2. The predicted octanol–water partition coefficient (Wildman–Crippen LogP) is 1.91. The molecule has 2 aliphatic heterocycles. The first-order valence-corrected chi connectivity index (χ1v) is 8.35. The third-order valence-corrected chi connectivity index (χ3v) is 5.26. The molecule has 3 unspecified atom stereocenters. The largest absolute Gasteiger partial charge is 0.326 e. The highest BCUT2D eigenvalue weighted by Gasteiger charge is 2.39. The molecule has 2 fully saturated rings. The number of piperidine rings is 1. The van der Waals surface area contributed by atoms with E-state index in [0.29, 0.717) is 17.7 Å². The van der Waals surface area contributed by atoms with Crippen LogP contribution in [0.15, 0.2) is 0 Å². The highest BCUT2D eigenvalue weighted by molar-refractivity contribution is 5.84. The van der Waals surface area contributed by atoms with Gasteiger partial charge in [0.2, 0.25) is 5.91 Å². The van der Waals surface area contributed by atoms with Crippen molar-refractivity contribution in [1.29, 1.82) is 0 Å². The van der Waals surface area contributed by atoms with Crippen molar-refractivity contribution in [2.45, 2.75) is 59.2 Å². The Morgan fingerprint density at radius 2 is 1.95 bits per heavy atom. The second-order valence-electron chi connectivity index (χ2n) is 6.57. The van der Waals surface area contributed by atoms with Gasteiger partial charge >= 0.3 is 0 Å². The molecule has 0 saturated carbocycles. The zero-order valence-electron chi connectivity index (χ0n) is 13.6. The summed E-state index contributed by atoms with van der Waals surface area (Å²) in [6, 6.07) is 0.0331. The van der Waals surface area contributed by atoms with Crippen LogP contribution in [0.1, 0.15) is 47.0 Å². The molecular weight excluding hydrogens is 250 g/mol. The Hall–Kier alpha value is -0.610. The number of likely N-dealkylation sites (tertiary alicyclic amines) is 1. The fraction of sp³-hybridized carbons (Fsp3) is 0.938. The van der Waals surface area contributed by atoms with Gasteiger partial charge in [0.25, 0.3) is 0 Å². The summed E-state index contributed by atoms with van der Waals surface area (Å²) in [6.45, 7) is 13.2. The molecule has 0 bridgehead atoms. The number of hydrogen-bond acceptors (Lipinski definition) is 3. The van der Waals surface area contributed by atoms with E-state index < -0.39 is 0 Å². The molecule has 4 nitrogen and oxygen atoms in total. The Kier molecular flexibility index (Phi) is 5.44. The van der Waals surface area contributed by atoms with Crippen LogP contribution in [0.2, 0.25) is 0 Å². The zero-order valence-corrected chi connectivity index (χ0v) is 13.6. The highest BCUT2D eigenvalue weighted by Crippen LogP contribution is 2.24. The molecule has 0 aromatic rings. The average molecular weight is 281 g/mol. The van der Waals surface area contributed by atoms with Crippen molar-refractivity contribution in [3.63, 3.8) is 0 Å². The van der Waals surface area contributed by atoms with Gasteiger partial charge in [-0.05, 0) is 51.2 Å². The summed E-state index contributed by atoms with van der Waals surface area (Å²) in [5.74, 6) is 1.43. The SMILES string of the molecule is CCC(C)C1NC(C)N(CC2CCN(CC)CC2)C1=O. The lowest BCUT2D eigenvalue weighted by atomic mass is 9.95. The molecule has 2 heterocycles. The van der Waals surface area contributed by atoms with Crippen LogP contribution in [0.3, 0.4) is 0 Å². The van der Waals surface area contributed by atoms with E-state index in [2.05, 4.69) is 42.8 Å². The predicted molar refractivity (Wildman–Crippen MR) is 82.4 cm³/mol. The first-order valence-electron chi connectivity index (χ1n) is 8.35. The lowest BCUT2D eigenvalue weighted by molar-refractivity contribution is -0.131. The highest BCUT2D eigenvalue weighted by atomic mass is 16.2. The second kappa shape index (κ2) is 6.90. The Bertz CT molecular complexity index is 326. The molecule has 1 N–H and O–H groups in total. The van der Waals surface area contributed by atoms with Gasteiger partial charge in [-0.3, -0.25) is 10.1 Å². The molecule has 2 saturated heterocycles. The molecule has 0 radical (unpaired) electrons. The van der Waals surface area contributed by atoms with E-state index in [4.69, 9.17) is 0 Å². The lowest BCUT2D eigenvalue weighted by Crippen LogP contribution is -2.42. The maximum Gasteiger partial charge on any atom is 0.241 e. The molecule has 3 atom stereocenters. The van der Waals surface area contributed by atoms with Gasteiger partial charge in [-0.25, -0.2) is 0 Å². The van der Waals surface area contributed by atoms with E-state index in [0.717, 1.165) is 19.5 Å². The van der Waals surface area contributed by atoms with Crippen molar-refractivity contribution in [3.05, 3.63) is 0 Å². The summed E-state index contributed by atoms with van der Waals surface area (Å²) in [5.41, 5.74) is 0. The van der Waals surface area contributed by atoms with Crippen LogP contribution in [0.25, 0.3) is 0 Å². The summed E-state index contributed by atoms with van der Waals surface area (Å²) in [6.07, 6.45) is 3.72. The molecule has 2 aliphatic rings. The standard InChI is InChI=1S/C16H31N3O/c1-5-12(3)15-16(20)19(13(4)17-15)11-14-7-9-18(6-2)10-8-14/h12-15,17H,5-11H2,1-4H3. The van der Waals surface area contributed by atoms with Gasteiger partial charge in [0.05, 0.1) is 12.2 Å². The molecule has 0 aromatic heterocycles. The normalized spacial score (nSPS) is 31.0. The fourth-order valence-corrected chi connectivity index (χ4v) is 3.45. The number of hydrogen-bond donors (Lipinski definition) is 1. The molecule has 4 heteroatoms. The van der Waals surface area contributed by atoms with Crippen molar-refractivity contribution < 1.29 is 4.79 Å². The molecule has 116 valence electrons. The van der Waals surface area contributed by atoms with Crippen LogP contribution in [0.4, 0.5) is 0 Å². The minimum atomic E-state index is 0.0331. The maximum atomic E-state index is 12.6. The summed E-state index contributed by atoms with van der Waals surface area (Å²) < 4.78 is 0. The fourth-order valence-electron chi connectivity index (χ4n) is 3.45. The molecule has 1 amide bonds. The van der Waals surface area contributed by atoms with Crippen molar-refractivity contribution >= 4 is 5.91 Å². The van der Waals surface area contributed by atoms with Crippen LogP contribution in [0.5, 0.6) is 0 Å². The van der Waals surface area contributed by atoms with Gasteiger partial charge in [-0.2, -0.15) is 0 Å². The molecule has 0 aromatic carbocycles. The van der Waals surface area contributed by atoms with Crippen LogP contribution >= 0.6 is 0 Å². The minimum absolute atomic E-state index is 0.0331. The van der Waals surface area contributed by atoms with Crippen molar-refractivity contribution in [1.82, 2.24) is 15.1 Å². The molecule has 0 aliphatic carbocycles. The van der Waals surface area contributed by atoms with Crippen molar-refractivity contribution in [2.24, 2.45) is 11.8 Å². The topological polar surface area (TPSA) is 35.6 Å². The summed E-state index contributed by atoms with van der Waals surface area (Å²) in [7, 11) is 0. The van der Waals surface area contributed by atoms with Gasteiger partial charge in [-0.15, -0.1) is 0 Å². The van der Waals surface area contributed by atoms with Crippen LogP contribution in [-0.2, 0) is 4.79 Å². The quantitative estimate of drug-likeness (QED) is 0.836. The third kappa shape index (κ3) is 3.34. The number of carbonyl (C=O) groups is 1. The smallest absolute Gasteiger partial charge is 0.241 e. The van der Waals surface area contributed by atoms with Gasteiger partial charge < -0.3 is 9.80 Å². The molecule has 20 heavy (non-hydrogen) atoms. The van der Waals surface area contributed by atoms with E-state index in [9.17, 15) is 4.79 Å². The monoisotopic (exact) mass is 281 g/mol. The number of nitrogens with one attached hydrogen (secondary N) is 1. The summed E-state index contributed by atoms with van der Waals surface area (Å²) in [5, 5.41) is 3.48. The average Bonchev–Trinajstić information content (AvgIpc) is 2.75. The molecule has 2 rings (SSSR count). The number of rotatable bonds is 5. The van der Waals surface area contributed by atoms with E-state index in [1.807, 2.05) is 0 Å². The number of carbonyl (C=O) groups excluding carboxylic acids is 1. The number of amides is 1. The van der Waals surface area contributed by atoms with Crippen molar-refractivity contribution in [2.75, 3.05) is 26.2 Å². The van der Waals surface area contributed by atoms with Crippen molar-refractivity contribution in [3.8, 4) is 0 Å². The molecule has 0 spiro atoms. The van der Waals surface area contributed by atoms with E-state index >= 15 is 0 Å². The Morgan fingerprint density at radius 3 is 2.50 bits per heavy atom. The second-order valence-corrected chi connectivity index (χ2v) is 6.57. The lowest BCUT2D eigenvalue weighted by Gasteiger charge is -2.34.